The lowest BCUT2D eigenvalue weighted by Gasteiger charge is -2.37. The zero-order chi connectivity index (χ0) is 26.4. The van der Waals surface area contributed by atoms with E-state index in [-0.39, 0.29) is 36.2 Å². The maximum absolute atomic E-state index is 13.3. The molecule has 0 bridgehead atoms. The quantitative estimate of drug-likeness (QED) is 0.430. The molecule has 0 radical (unpaired) electrons. The Morgan fingerprint density at radius 2 is 1.70 bits per heavy atom. The molecule has 1 aromatic heterocycles. The highest BCUT2D eigenvalue weighted by molar-refractivity contribution is 7.12. The van der Waals surface area contributed by atoms with Crippen LogP contribution in [0.1, 0.15) is 39.4 Å². The average Bonchev–Trinajstić information content (AvgIpc) is 3.43. The molecule has 0 spiro atoms. The van der Waals surface area contributed by atoms with Crippen LogP contribution in [0.25, 0.3) is 0 Å². The van der Waals surface area contributed by atoms with Crippen LogP contribution in [0.3, 0.4) is 0 Å². The summed E-state index contributed by atoms with van der Waals surface area (Å²) in [4.78, 5) is 42.7. The fraction of sp³-hybridized carbons (Fsp3) is 0.296. The van der Waals surface area contributed by atoms with Crippen molar-refractivity contribution in [2.75, 3.05) is 36.4 Å². The van der Waals surface area contributed by atoms with Crippen LogP contribution in [-0.2, 0) is 6.54 Å². The Labute approximate surface area is 219 Å². The highest BCUT2D eigenvalue weighted by Crippen LogP contribution is 2.27. The van der Waals surface area contributed by atoms with E-state index in [0.29, 0.717) is 42.3 Å². The van der Waals surface area contributed by atoms with E-state index in [1.165, 1.54) is 23.5 Å². The first-order valence-electron chi connectivity index (χ1n) is 12.1. The summed E-state index contributed by atoms with van der Waals surface area (Å²) >= 11 is 1.34. The maximum Gasteiger partial charge on any atom is 0.317 e. The van der Waals surface area contributed by atoms with Gasteiger partial charge in [0.15, 0.2) is 0 Å². The van der Waals surface area contributed by atoms with Crippen molar-refractivity contribution in [3.05, 3.63) is 81.8 Å². The SMILES string of the molecule is CC(C)NC(=O)N1CCN(c2ccc(NC(=O)c3cccs3)cc2C(=O)NCc2ccc(F)cc2)CC1. The predicted octanol–water partition coefficient (Wildman–Crippen LogP) is 4.31. The maximum atomic E-state index is 13.3. The molecule has 0 saturated carbocycles. The van der Waals surface area contributed by atoms with Crippen molar-refractivity contribution >= 4 is 40.6 Å². The Hall–Kier alpha value is -3.92. The van der Waals surface area contributed by atoms with Crippen molar-refractivity contribution in [1.82, 2.24) is 15.5 Å². The second-order valence-electron chi connectivity index (χ2n) is 9.05. The fourth-order valence-corrected chi connectivity index (χ4v) is 4.66. The van der Waals surface area contributed by atoms with Gasteiger partial charge in [-0.2, -0.15) is 0 Å². The van der Waals surface area contributed by atoms with Gasteiger partial charge >= 0.3 is 6.03 Å². The third kappa shape index (κ3) is 6.85. The normalized spacial score (nSPS) is 13.4. The second-order valence-corrected chi connectivity index (χ2v) is 10.00. The number of carbonyl (C=O) groups excluding carboxylic acids is 3. The van der Waals surface area contributed by atoms with Crippen molar-refractivity contribution < 1.29 is 18.8 Å². The summed E-state index contributed by atoms with van der Waals surface area (Å²) < 4.78 is 13.2. The Morgan fingerprint density at radius 1 is 0.973 bits per heavy atom. The predicted molar refractivity (Wildman–Crippen MR) is 144 cm³/mol. The Bertz CT molecular complexity index is 1240. The number of rotatable bonds is 7. The number of thiophene rings is 1. The molecule has 2 heterocycles. The molecule has 2 aromatic carbocycles. The van der Waals surface area contributed by atoms with E-state index in [0.717, 1.165) is 11.3 Å². The number of piperazine rings is 1. The minimum absolute atomic E-state index is 0.0545. The zero-order valence-corrected chi connectivity index (χ0v) is 21.6. The highest BCUT2D eigenvalue weighted by atomic mass is 32.1. The van der Waals surface area contributed by atoms with E-state index in [2.05, 4.69) is 20.9 Å². The van der Waals surface area contributed by atoms with Crippen molar-refractivity contribution in [2.45, 2.75) is 26.4 Å². The molecule has 194 valence electrons. The van der Waals surface area contributed by atoms with Crippen molar-refractivity contribution in [2.24, 2.45) is 0 Å². The number of amides is 4. The van der Waals surface area contributed by atoms with Gasteiger partial charge in [-0.1, -0.05) is 18.2 Å². The van der Waals surface area contributed by atoms with Crippen LogP contribution in [0.4, 0.5) is 20.6 Å². The smallest absolute Gasteiger partial charge is 0.317 e. The first-order chi connectivity index (χ1) is 17.8. The van der Waals surface area contributed by atoms with Gasteiger partial charge in [0.1, 0.15) is 5.82 Å². The number of anilines is 2. The van der Waals surface area contributed by atoms with Gasteiger partial charge in [-0.3, -0.25) is 9.59 Å². The Balaban J connectivity index is 1.52. The van der Waals surface area contributed by atoms with Crippen molar-refractivity contribution in [3.8, 4) is 0 Å². The van der Waals surface area contributed by atoms with E-state index < -0.39 is 0 Å². The summed E-state index contributed by atoms with van der Waals surface area (Å²) in [5.74, 6) is -0.899. The lowest BCUT2D eigenvalue weighted by molar-refractivity contribution is 0.0949. The zero-order valence-electron chi connectivity index (χ0n) is 20.8. The summed E-state index contributed by atoms with van der Waals surface area (Å²) in [5.41, 5.74) is 2.40. The molecular formula is C27H30FN5O3S. The van der Waals surface area contributed by atoms with Gasteiger partial charge in [0.05, 0.1) is 10.4 Å². The number of hydrogen-bond donors (Lipinski definition) is 3. The average molecular weight is 524 g/mol. The molecular weight excluding hydrogens is 493 g/mol. The standard InChI is InChI=1S/C27H30FN5O3S/c1-18(2)30-27(36)33-13-11-32(12-14-33)23-10-9-21(31-26(35)24-4-3-15-37-24)16-22(23)25(34)29-17-19-5-7-20(28)8-6-19/h3-10,15-16,18H,11-14,17H2,1-2H3,(H,29,34)(H,30,36)(H,31,35). The molecule has 4 rings (SSSR count). The Morgan fingerprint density at radius 3 is 2.35 bits per heavy atom. The largest absolute Gasteiger partial charge is 0.367 e. The molecule has 1 saturated heterocycles. The fourth-order valence-electron chi connectivity index (χ4n) is 4.04. The lowest BCUT2D eigenvalue weighted by Crippen LogP contribution is -2.53. The summed E-state index contributed by atoms with van der Waals surface area (Å²) in [7, 11) is 0. The molecule has 1 aliphatic rings. The number of hydrogen-bond acceptors (Lipinski definition) is 5. The van der Waals surface area contributed by atoms with Gasteiger partial charge < -0.3 is 25.8 Å². The molecule has 3 aromatic rings. The van der Waals surface area contributed by atoms with Crippen molar-refractivity contribution in [3.63, 3.8) is 0 Å². The van der Waals surface area contributed by atoms with E-state index in [9.17, 15) is 18.8 Å². The van der Waals surface area contributed by atoms with Gasteiger partial charge in [-0.15, -0.1) is 11.3 Å². The van der Waals surface area contributed by atoms with Crippen molar-refractivity contribution in [1.29, 1.82) is 0 Å². The van der Waals surface area contributed by atoms with E-state index >= 15 is 0 Å². The molecule has 4 amide bonds. The number of halogens is 1. The molecule has 0 unspecified atom stereocenters. The van der Waals surface area contributed by atoms with Gasteiger partial charge in [-0.05, 0) is 61.2 Å². The van der Waals surface area contributed by atoms with Crippen LogP contribution < -0.4 is 20.9 Å². The summed E-state index contributed by atoms with van der Waals surface area (Å²) in [6.07, 6.45) is 0. The second kappa shape index (κ2) is 11.9. The minimum atomic E-state index is -0.340. The monoisotopic (exact) mass is 523 g/mol. The van der Waals surface area contributed by atoms with Gasteiger partial charge in [0.25, 0.3) is 11.8 Å². The molecule has 8 nitrogen and oxygen atoms in total. The molecule has 3 N–H and O–H groups in total. The minimum Gasteiger partial charge on any atom is -0.367 e. The first-order valence-corrected chi connectivity index (χ1v) is 13.0. The van der Waals surface area contributed by atoms with Crippen LogP contribution in [0.15, 0.2) is 60.0 Å². The number of nitrogens with one attached hydrogen (secondary N) is 3. The summed E-state index contributed by atoms with van der Waals surface area (Å²) in [5, 5.41) is 10.5. The van der Waals surface area contributed by atoms with Crippen LogP contribution in [0.2, 0.25) is 0 Å². The van der Waals surface area contributed by atoms with Gasteiger partial charge in [0.2, 0.25) is 0 Å². The van der Waals surface area contributed by atoms with E-state index in [4.69, 9.17) is 0 Å². The molecule has 0 aliphatic carbocycles. The van der Waals surface area contributed by atoms with Gasteiger partial charge in [0, 0.05) is 50.1 Å². The van der Waals surface area contributed by atoms with Crippen LogP contribution >= 0.6 is 11.3 Å². The first kappa shape index (κ1) is 26.2. The third-order valence-electron chi connectivity index (χ3n) is 5.93. The topological polar surface area (TPSA) is 93.8 Å². The van der Waals surface area contributed by atoms with Gasteiger partial charge in [-0.25, -0.2) is 9.18 Å². The Kier molecular flexibility index (Phi) is 8.39. The molecule has 37 heavy (non-hydrogen) atoms. The number of carbonyl (C=O) groups is 3. The van der Waals surface area contributed by atoms with Crippen LogP contribution in [0.5, 0.6) is 0 Å². The summed E-state index contributed by atoms with van der Waals surface area (Å²) in [6.45, 7) is 6.23. The van der Waals surface area contributed by atoms with Crippen LogP contribution in [-0.4, -0.2) is 55.0 Å². The third-order valence-corrected chi connectivity index (χ3v) is 6.80. The number of urea groups is 1. The molecule has 0 atom stereocenters. The molecule has 1 aliphatic heterocycles. The number of benzene rings is 2. The van der Waals surface area contributed by atoms with E-state index in [1.807, 2.05) is 25.3 Å². The summed E-state index contributed by atoms with van der Waals surface area (Å²) in [6, 6.07) is 14.7. The van der Waals surface area contributed by atoms with E-state index in [1.54, 1.807) is 41.3 Å². The van der Waals surface area contributed by atoms with Crippen LogP contribution in [0, 0.1) is 5.82 Å². The molecule has 10 heteroatoms. The lowest BCUT2D eigenvalue weighted by atomic mass is 10.1. The highest BCUT2D eigenvalue weighted by Gasteiger charge is 2.25. The number of nitrogens with zero attached hydrogens (tertiary/aromatic N) is 2. The molecule has 1 fully saturated rings.